The molecule has 2 aromatic rings. The van der Waals surface area contributed by atoms with Crippen molar-refractivity contribution in [3.63, 3.8) is 0 Å². The smallest absolute Gasteiger partial charge is 0.403 e. The lowest BCUT2D eigenvalue weighted by Gasteiger charge is -2.41. The maximum Gasteiger partial charge on any atom is 0.573 e. The molecule has 2 aliphatic carbocycles. The Balaban J connectivity index is 1.49. The maximum atomic E-state index is 14.9. The fourth-order valence-corrected chi connectivity index (χ4v) is 5.34. The van der Waals surface area contributed by atoms with E-state index in [-0.39, 0.29) is 11.1 Å². The summed E-state index contributed by atoms with van der Waals surface area (Å²) in [6, 6.07) is 7.90. The van der Waals surface area contributed by atoms with Crippen LogP contribution in [0.15, 0.2) is 49.1 Å². The van der Waals surface area contributed by atoms with E-state index in [1.165, 1.54) is 31.4 Å². The molecule has 1 nitrogen and oxygen atoms in total. The van der Waals surface area contributed by atoms with Crippen molar-refractivity contribution in [3.05, 3.63) is 66.3 Å². The highest BCUT2D eigenvalue weighted by Crippen LogP contribution is 2.48. The van der Waals surface area contributed by atoms with Gasteiger partial charge in [-0.1, -0.05) is 24.3 Å². The topological polar surface area (TPSA) is 9.23 Å². The van der Waals surface area contributed by atoms with Crippen molar-refractivity contribution in [1.82, 2.24) is 0 Å². The van der Waals surface area contributed by atoms with Gasteiger partial charge in [-0.3, -0.25) is 0 Å². The van der Waals surface area contributed by atoms with Crippen LogP contribution in [0, 0.1) is 29.4 Å². The first kappa shape index (κ1) is 21.8. The number of rotatable bonds is 4. The minimum Gasteiger partial charge on any atom is -0.403 e. The summed E-state index contributed by atoms with van der Waals surface area (Å²) in [5.41, 5.74) is 1.26. The Kier molecular flexibility index (Phi) is 6.09. The van der Waals surface area contributed by atoms with E-state index >= 15 is 0 Å². The van der Waals surface area contributed by atoms with Crippen molar-refractivity contribution in [2.45, 2.75) is 50.8 Å². The van der Waals surface area contributed by atoms with Crippen LogP contribution in [0.3, 0.4) is 0 Å². The third-order valence-corrected chi connectivity index (χ3v) is 6.92. The molecule has 4 atom stereocenters. The summed E-state index contributed by atoms with van der Waals surface area (Å²) in [6.45, 7) is 3.93. The molecule has 2 aliphatic rings. The fraction of sp³-hybridized carbons (Fsp3) is 0.440. The third kappa shape index (κ3) is 4.94. The summed E-state index contributed by atoms with van der Waals surface area (Å²) in [5.74, 6) is -0.334. The molecule has 0 radical (unpaired) electrons. The SMILES string of the molecule is C=CC1CCC2CC(c3ccc(-c4ccc(OC(F)(F)F)c(F)c4)c(F)c3)CCC2C1. The number of hydrogen-bond donors (Lipinski definition) is 0. The van der Waals surface area contributed by atoms with Crippen molar-refractivity contribution >= 4 is 0 Å². The Labute approximate surface area is 178 Å². The number of alkyl halides is 3. The van der Waals surface area contributed by atoms with Gasteiger partial charge in [-0.25, -0.2) is 8.78 Å². The van der Waals surface area contributed by atoms with Crippen molar-refractivity contribution in [2.24, 2.45) is 17.8 Å². The van der Waals surface area contributed by atoms with Crippen molar-refractivity contribution in [1.29, 1.82) is 0 Å². The highest BCUT2D eigenvalue weighted by Gasteiger charge is 2.35. The van der Waals surface area contributed by atoms with Crippen LogP contribution in [0.2, 0.25) is 0 Å². The predicted molar refractivity (Wildman–Crippen MR) is 110 cm³/mol. The van der Waals surface area contributed by atoms with Crippen LogP contribution in [0.4, 0.5) is 22.0 Å². The molecule has 0 saturated heterocycles. The zero-order valence-electron chi connectivity index (χ0n) is 17.1. The summed E-state index contributed by atoms with van der Waals surface area (Å²) < 4.78 is 69.5. The lowest BCUT2D eigenvalue weighted by Crippen LogP contribution is -2.29. The molecular formula is C25H25F5O. The minimum atomic E-state index is -4.99. The average Bonchev–Trinajstić information content (AvgIpc) is 2.73. The maximum absolute atomic E-state index is 14.9. The van der Waals surface area contributed by atoms with Gasteiger partial charge in [-0.2, -0.15) is 0 Å². The number of ether oxygens (including phenoxy) is 1. The molecule has 4 rings (SSSR count). The van der Waals surface area contributed by atoms with Crippen molar-refractivity contribution in [3.8, 4) is 16.9 Å². The first-order chi connectivity index (χ1) is 14.7. The second-order valence-electron chi connectivity index (χ2n) is 8.77. The molecule has 2 aromatic carbocycles. The monoisotopic (exact) mass is 436 g/mol. The Morgan fingerprint density at radius 1 is 0.871 bits per heavy atom. The van der Waals surface area contributed by atoms with Gasteiger partial charge in [0.05, 0.1) is 0 Å². The molecule has 166 valence electrons. The average molecular weight is 436 g/mol. The van der Waals surface area contributed by atoms with Gasteiger partial charge < -0.3 is 4.74 Å². The molecule has 31 heavy (non-hydrogen) atoms. The number of benzene rings is 2. The highest BCUT2D eigenvalue weighted by atomic mass is 19.4. The number of fused-ring (bicyclic) bond motifs is 1. The summed E-state index contributed by atoms with van der Waals surface area (Å²) in [4.78, 5) is 0. The lowest BCUT2D eigenvalue weighted by atomic mass is 9.64. The van der Waals surface area contributed by atoms with Crippen LogP contribution >= 0.6 is 0 Å². The Hall–Kier alpha value is -2.37. The van der Waals surface area contributed by atoms with Crippen LogP contribution in [-0.4, -0.2) is 6.36 Å². The van der Waals surface area contributed by atoms with Gasteiger partial charge >= 0.3 is 6.36 Å². The summed E-state index contributed by atoms with van der Waals surface area (Å²) in [7, 11) is 0. The first-order valence-corrected chi connectivity index (χ1v) is 10.7. The van der Waals surface area contributed by atoms with Gasteiger partial charge in [0.1, 0.15) is 5.82 Å². The van der Waals surface area contributed by atoms with Crippen molar-refractivity contribution < 1.29 is 26.7 Å². The molecule has 2 fully saturated rings. The largest absolute Gasteiger partial charge is 0.573 e. The van der Waals surface area contributed by atoms with E-state index in [0.29, 0.717) is 17.8 Å². The number of halogens is 5. The van der Waals surface area contributed by atoms with Gasteiger partial charge in [0.15, 0.2) is 11.6 Å². The van der Waals surface area contributed by atoms with E-state index in [0.717, 1.165) is 42.9 Å². The summed E-state index contributed by atoms with van der Waals surface area (Å²) in [5, 5.41) is 0. The Bertz CT molecular complexity index is 951. The van der Waals surface area contributed by atoms with Crippen LogP contribution in [0.25, 0.3) is 11.1 Å². The first-order valence-electron chi connectivity index (χ1n) is 10.7. The molecule has 0 heterocycles. The molecule has 2 saturated carbocycles. The summed E-state index contributed by atoms with van der Waals surface area (Å²) in [6.07, 6.45) is 3.84. The van der Waals surface area contributed by atoms with Crippen LogP contribution < -0.4 is 4.74 Å². The standard InChI is InChI=1S/C25H25F5O/c1-2-15-3-4-17-12-18(6-5-16(17)11-15)19-7-9-21(22(26)13-19)20-8-10-24(23(27)14-20)31-25(28,29)30/h2,7-10,13-18H,1,3-6,11-12H2. The van der Waals surface area contributed by atoms with Gasteiger partial charge in [0.2, 0.25) is 0 Å². The molecule has 0 N–H and O–H groups in total. The van der Waals surface area contributed by atoms with Gasteiger partial charge in [-0.05, 0) is 91.5 Å². The molecule has 0 aromatic heterocycles. The normalized spacial score (nSPS) is 26.2. The van der Waals surface area contributed by atoms with Crippen LogP contribution in [0.1, 0.15) is 50.0 Å². The van der Waals surface area contributed by atoms with E-state index in [1.807, 2.05) is 6.07 Å². The Morgan fingerprint density at radius 3 is 2.29 bits per heavy atom. The minimum absolute atomic E-state index is 0.154. The van der Waals surface area contributed by atoms with Crippen molar-refractivity contribution in [2.75, 3.05) is 0 Å². The Morgan fingerprint density at radius 2 is 1.61 bits per heavy atom. The summed E-state index contributed by atoms with van der Waals surface area (Å²) >= 11 is 0. The number of hydrogen-bond acceptors (Lipinski definition) is 1. The second kappa shape index (κ2) is 8.64. The van der Waals surface area contributed by atoms with E-state index < -0.39 is 23.7 Å². The molecule has 0 aliphatic heterocycles. The quantitative estimate of drug-likeness (QED) is 0.348. The third-order valence-electron chi connectivity index (χ3n) is 6.92. The lowest BCUT2D eigenvalue weighted by molar-refractivity contribution is -0.275. The molecule has 0 spiro atoms. The zero-order valence-corrected chi connectivity index (χ0v) is 17.1. The zero-order chi connectivity index (χ0) is 22.2. The van der Waals surface area contributed by atoms with E-state index in [1.54, 1.807) is 6.07 Å². The predicted octanol–water partition coefficient (Wildman–Crippen LogP) is 8.02. The number of allylic oxidation sites excluding steroid dienone is 1. The van der Waals surface area contributed by atoms with E-state index in [2.05, 4.69) is 17.4 Å². The molecular weight excluding hydrogens is 411 g/mol. The fourth-order valence-electron chi connectivity index (χ4n) is 5.34. The molecule has 6 heteroatoms. The van der Waals surface area contributed by atoms with Gasteiger partial charge in [0.25, 0.3) is 0 Å². The highest BCUT2D eigenvalue weighted by molar-refractivity contribution is 5.65. The molecule has 0 amide bonds. The molecule has 0 bridgehead atoms. The van der Waals surface area contributed by atoms with Crippen LogP contribution in [0.5, 0.6) is 5.75 Å². The van der Waals surface area contributed by atoms with Gasteiger partial charge in [0, 0.05) is 5.56 Å². The molecule has 4 unspecified atom stereocenters. The van der Waals surface area contributed by atoms with Crippen LogP contribution in [-0.2, 0) is 0 Å². The van der Waals surface area contributed by atoms with E-state index in [9.17, 15) is 22.0 Å². The van der Waals surface area contributed by atoms with Gasteiger partial charge in [-0.15, -0.1) is 19.8 Å². The second-order valence-corrected chi connectivity index (χ2v) is 8.77. The van der Waals surface area contributed by atoms with E-state index in [4.69, 9.17) is 0 Å².